The maximum Gasteiger partial charge on any atom is 0.269 e. The second-order valence-corrected chi connectivity index (χ2v) is 5.67. The summed E-state index contributed by atoms with van der Waals surface area (Å²) in [6, 6.07) is 12.9. The molecule has 0 saturated heterocycles. The number of nitrogens with zero attached hydrogens (tertiary/aromatic N) is 1. The summed E-state index contributed by atoms with van der Waals surface area (Å²) in [5.41, 5.74) is 6.79. The average Bonchev–Trinajstić information content (AvgIpc) is 3.07. The van der Waals surface area contributed by atoms with E-state index in [1.807, 2.05) is 30.5 Å². The van der Waals surface area contributed by atoms with Gasteiger partial charge in [-0.1, -0.05) is 18.2 Å². The lowest BCUT2D eigenvalue weighted by Gasteiger charge is -2.07. The van der Waals surface area contributed by atoms with Crippen LogP contribution in [0, 0.1) is 10.1 Å². The van der Waals surface area contributed by atoms with E-state index >= 15 is 0 Å². The van der Waals surface area contributed by atoms with Gasteiger partial charge in [0, 0.05) is 41.2 Å². The number of fused-ring (bicyclic) bond motifs is 1. The van der Waals surface area contributed by atoms with Gasteiger partial charge in [-0.25, -0.2) is 0 Å². The van der Waals surface area contributed by atoms with E-state index in [2.05, 4.69) is 15.8 Å². The third-order valence-electron chi connectivity index (χ3n) is 3.95. The van der Waals surface area contributed by atoms with Crippen LogP contribution < -0.4 is 10.9 Å². The van der Waals surface area contributed by atoms with Crippen LogP contribution in [0.3, 0.4) is 0 Å². The number of aromatic nitrogens is 1. The Kier molecular flexibility index (Phi) is 4.93. The third-order valence-corrected chi connectivity index (χ3v) is 3.95. The molecule has 1 heterocycles. The van der Waals surface area contributed by atoms with Crippen molar-refractivity contribution in [2.75, 3.05) is 0 Å². The first-order valence-corrected chi connectivity index (χ1v) is 7.93. The molecule has 0 unspecified atom stereocenters. The minimum atomic E-state index is -0.547. The Labute approximate surface area is 148 Å². The van der Waals surface area contributed by atoms with Crippen LogP contribution in [0.25, 0.3) is 10.9 Å². The monoisotopic (exact) mass is 352 g/mol. The highest BCUT2D eigenvalue weighted by molar-refractivity contribution is 5.95. The van der Waals surface area contributed by atoms with Gasteiger partial charge in [0.25, 0.3) is 11.6 Å². The van der Waals surface area contributed by atoms with Crippen molar-refractivity contribution >= 4 is 28.4 Å². The number of hydrogen-bond acceptors (Lipinski definition) is 4. The van der Waals surface area contributed by atoms with Crippen LogP contribution in [0.4, 0.5) is 5.69 Å². The predicted octanol–water partition coefficient (Wildman–Crippen LogP) is 2.47. The van der Waals surface area contributed by atoms with Gasteiger partial charge >= 0.3 is 0 Å². The van der Waals surface area contributed by atoms with Crippen LogP contribution in [0.2, 0.25) is 0 Å². The fraction of sp³-hybridized carbons (Fsp3) is 0.111. The van der Waals surface area contributed by atoms with Crippen LogP contribution >= 0.6 is 0 Å². The molecule has 2 amide bonds. The number of hydrogen-bond donors (Lipinski definition) is 3. The number of benzene rings is 2. The zero-order chi connectivity index (χ0) is 18.5. The predicted molar refractivity (Wildman–Crippen MR) is 95.3 cm³/mol. The van der Waals surface area contributed by atoms with E-state index in [0.29, 0.717) is 6.42 Å². The first-order chi connectivity index (χ1) is 12.5. The van der Waals surface area contributed by atoms with Crippen molar-refractivity contribution in [2.24, 2.45) is 0 Å². The summed E-state index contributed by atoms with van der Waals surface area (Å²) >= 11 is 0. The van der Waals surface area contributed by atoms with Gasteiger partial charge in [0.05, 0.1) is 4.92 Å². The van der Waals surface area contributed by atoms with Gasteiger partial charge in [-0.05, 0) is 30.2 Å². The van der Waals surface area contributed by atoms with E-state index in [4.69, 9.17) is 0 Å². The minimum absolute atomic E-state index is 0.107. The van der Waals surface area contributed by atoms with Gasteiger partial charge in [-0.2, -0.15) is 0 Å². The smallest absolute Gasteiger partial charge is 0.269 e. The topological polar surface area (TPSA) is 117 Å². The van der Waals surface area contributed by atoms with Crippen LogP contribution in [0.1, 0.15) is 22.3 Å². The largest absolute Gasteiger partial charge is 0.361 e. The molecule has 2 aromatic carbocycles. The minimum Gasteiger partial charge on any atom is -0.361 e. The SMILES string of the molecule is O=C(CCc1c[nH]c2ccccc12)NNC(=O)c1ccc([N+](=O)[O-])cc1. The molecule has 0 saturated carbocycles. The lowest BCUT2D eigenvalue weighted by molar-refractivity contribution is -0.384. The molecule has 0 atom stereocenters. The van der Waals surface area contributed by atoms with Gasteiger partial charge in [0.15, 0.2) is 0 Å². The number of amides is 2. The molecular formula is C18H16N4O4. The van der Waals surface area contributed by atoms with E-state index in [9.17, 15) is 19.7 Å². The summed E-state index contributed by atoms with van der Waals surface area (Å²) in [6.07, 6.45) is 2.61. The highest BCUT2D eigenvalue weighted by Gasteiger charge is 2.11. The van der Waals surface area contributed by atoms with Crippen molar-refractivity contribution in [2.45, 2.75) is 12.8 Å². The van der Waals surface area contributed by atoms with Gasteiger partial charge in [-0.15, -0.1) is 0 Å². The molecule has 0 bridgehead atoms. The molecule has 3 aromatic rings. The second-order valence-electron chi connectivity index (χ2n) is 5.67. The molecule has 0 radical (unpaired) electrons. The number of nitrogens with one attached hydrogen (secondary N) is 3. The fourth-order valence-corrected chi connectivity index (χ4v) is 2.58. The Bertz CT molecular complexity index is 963. The van der Waals surface area contributed by atoms with E-state index in [0.717, 1.165) is 16.5 Å². The van der Waals surface area contributed by atoms with Crippen molar-refractivity contribution in [1.82, 2.24) is 15.8 Å². The van der Waals surface area contributed by atoms with E-state index in [-0.39, 0.29) is 23.6 Å². The van der Waals surface area contributed by atoms with E-state index in [1.165, 1.54) is 24.3 Å². The molecule has 0 aliphatic carbocycles. The van der Waals surface area contributed by atoms with Gasteiger partial charge in [0.1, 0.15) is 0 Å². The fourth-order valence-electron chi connectivity index (χ4n) is 2.58. The average molecular weight is 352 g/mol. The highest BCUT2D eigenvalue weighted by atomic mass is 16.6. The molecule has 3 N–H and O–H groups in total. The summed E-state index contributed by atoms with van der Waals surface area (Å²) in [6.45, 7) is 0. The molecule has 0 aliphatic heterocycles. The lowest BCUT2D eigenvalue weighted by atomic mass is 10.1. The Morgan fingerprint density at radius 1 is 1.04 bits per heavy atom. The number of hydrazine groups is 1. The molecule has 132 valence electrons. The summed E-state index contributed by atoms with van der Waals surface area (Å²) in [4.78, 5) is 37.1. The molecule has 8 nitrogen and oxygen atoms in total. The number of rotatable bonds is 5. The van der Waals surface area contributed by atoms with Crippen molar-refractivity contribution in [1.29, 1.82) is 0 Å². The van der Waals surface area contributed by atoms with Crippen LogP contribution in [0.5, 0.6) is 0 Å². The normalized spacial score (nSPS) is 10.5. The zero-order valence-electron chi connectivity index (χ0n) is 13.7. The molecule has 8 heteroatoms. The molecule has 26 heavy (non-hydrogen) atoms. The zero-order valence-corrected chi connectivity index (χ0v) is 13.7. The Hall–Kier alpha value is -3.68. The summed E-state index contributed by atoms with van der Waals surface area (Å²) < 4.78 is 0. The lowest BCUT2D eigenvalue weighted by Crippen LogP contribution is -2.41. The molecular weight excluding hydrogens is 336 g/mol. The Balaban J connectivity index is 1.50. The number of carbonyl (C=O) groups excluding carboxylic acids is 2. The number of nitro groups is 1. The van der Waals surface area contributed by atoms with E-state index in [1.54, 1.807) is 0 Å². The number of aryl methyl sites for hydroxylation is 1. The van der Waals surface area contributed by atoms with Crippen molar-refractivity contribution in [3.05, 3.63) is 76.0 Å². The number of aromatic amines is 1. The summed E-state index contributed by atoms with van der Waals surface area (Å²) in [7, 11) is 0. The maximum absolute atomic E-state index is 11.9. The van der Waals surface area contributed by atoms with Crippen molar-refractivity contribution in [3.8, 4) is 0 Å². The number of para-hydroxylation sites is 1. The highest BCUT2D eigenvalue weighted by Crippen LogP contribution is 2.18. The van der Waals surface area contributed by atoms with Crippen LogP contribution in [0.15, 0.2) is 54.7 Å². The standard InChI is InChI=1S/C18H16N4O4/c23-17(10-7-13-11-19-16-4-2-1-3-15(13)16)20-21-18(24)12-5-8-14(9-6-12)22(25)26/h1-6,8-9,11,19H,7,10H2,(H,20,23)(H,21,24). The third kappa shape index (κ3) is 3.86. The number of nitro benzene ring substituents is 1. The first kappa shape index (κ1) is 17.2. The molecule has 0 fully saturated rings. The molecule has 3 rings (SSSR count). The molecule has 0 spiro atoms. The summed E-state index contributed by atoms with van der Waals surface area (Å²) in [5.74, 6) is -0.870. The van der Waals surface area contributed by atoms with Crippen molar-refractivity contribution in [3.63, 3.8) is 0 Å². The quantitative estimate of drug-likeness (QED) is 0.483. The molecule has 0 aliphatic rings. The Morgan fingerprint density at radius 3 is 2.50 bits per heavy atom. The first-order valence-electron chi connectivity index (χ1n) is 7.93. The maximum atomic E-state index is 11.9. The number of non-ortho nitro benzene ring substituents is 1. The number of carbonyl (C=O) groups is 2. The molecule has 1 aromatic heterocycles. The second kappa shape index (κ2) is 7.47. The van der Waals surface area contributed by atoms with Gasteiger partial charge in [-0.3, -0.25) is 30.6 Å². The van der Waals surface area contributed by atoms with Crippen LogP contribution in [-0.2, 0) is 11.2 Å². The van der Waals surface area contributed by atoms with Gasteiger partial charge < -0.3 is 4.98 Å². The van der Waals surface area contributed by atoms with Crippen LogP contribution in [-0.4, -0.2) is 21.7 Å². The summed E-state index contributed by atoms with van der Waals surface area (Å²) in [5, 5.41) is 11.7. The Morgan fingerprint density at radius 2 is 1.77 bits per heavy atom. The van der Waals surface area contributed by atoms with Crippen molar-refractivity contribution < 1.29 is 14.5 Å². The van der Waals surface area contributed by atoms with Gasteiger partial charge in [0.2, 0.25) is 5.91 Å². The number of H-pyrrole nitrogens is 1. The van der Waals surface area contributed by atoms with E-state index < -0.39 is 10.8 Å².